The Balaban J connectivity index is 2.74. The van der Waals surface area contributed by atoms with Crippen LogP contribution >= 0.6 is 15.9 Å². The molecule has 0 saturated carbocycles. The topological polar surface area (TPSA) is 55.8 Å². The van der Waals surface area contributed by atoms with E-state index in [0.29, 0.717) is 5.75 Å². The zero-order valence-corrected chi connectivity index (χ0v) is 11.3. The molecule has 17 heavy (non-hydrogen) atoms. The molecule has 2 rings (SSSR count). The van der Waals surface area contributed by atoms with E-state index in [1.54, 1.807) is 0 Å². The van der Waals surface area contributed by atoms with Gasteiger partial charge in [-0.3, -0.25) is 0 Å². The first-order valence-electron chi connectivity index (χ1n) is 5.30. The lowest BCUT2D eigenvalue weighted by Crippen LogP contribution is -2.08. The van der Waals surface area contributed by atoms with E-state index in [-0.39, 0.29) is 11.3 Å². The van der Waals surface area contributed by atoms with Gasteiger partial charge in [-0.15, -0.1) is 0 Å². The first-order valence-corrected chi connectivity index (χ1v) is 6.09. The number of methoxy groups -OCH3 is 2. The molecule has 1 aliphatic rings. The molecule has 0 heterocycles. The van der Waals surface area contributed by atoms with Crippen LogP contribution in [0.15, 0.2) is 4.47 Å². The van der Waals surface area contributed by atoms with Gasteiger partial charge in [0.15, 0.2) is 11.5 Å². The van der Waals surface area contributed by atoms with Gasteiger partial charge in [0.05, 0.1) is 18.7 Å². The fourth-order valence-corrected chi connectivity index (χ4v) is 3.05. The number of carbonyl (C=O) groups is 1. The highest BCUT2D eigenvalue weighted by Gasteiger charge is 2.29. The molecule has 0 spiro atoms. The van der Waals surface area contributed by atoms with Gasteiger partial charge in [-0.1, -0.05) is 0 Å². The van der Waals surface area contributed by atoms with Crippen LogP contribution in [0.2, 0.25) is 0 Å². The Bertz CT molecular complexity index is 478. The highest BCUT2D eigenvalue weighted by Crippen LogP contribution is 2.45. The summed E-state index contributed by atoms with van der Waals surface area (Å²) in [5.41, 5.74) is 2.13. The predicted molar refractivity (Wildman–Crippen MR) is 65.7 cm³/mol. The monoisotopic (exact) mass is 300 g/mol. The maximum atomic E-state index is 11.7. The molecule has 0 atom stereocenters. The Morgan fingerprint density at radius 1 is 1.29 bits per heavy atom. The van der Waals surface area contributed by atoms with Crippen molar-refractivity contribution in [1.82, 2.24) is 0 Å². The summed E-state index contributed by atoms with van der Waals surface area (Å²) in [5.74, 6) is -0.371. The predicted octanol–water partition coefficient (Wildman–Crippen LogP) is 2.44. The van der Waals surface area contributed by atoms with Gasteiger partial charge in [0.25, 0.3) is 0 Å². The minimum Gasteiger partial charge on any atom is -0.504 e. The highest BCUT2D eigenvalue weighted by atomic mass is 79.9. The van der Waals surface area contributed by atoms with E-state index in [1.165, 1.54) is 14.2 Å². The van der Waals surface area contributed by atoms with Crippen LogP contribution in [0.1, 0.15) is 27.9 Å². The number of rotatable bonds is 2. The van der Waals surface area contributed by atoms with Gasteiger partial charge in [-0.25, -0.2) is 4.79 Å². The van der Waals surface area contributed by atoms with E-state index in [4.69, 9.17) is 9.47 Å². The summed E-state index contributed by atoms with van der Waals surface area (Å²) in [7, 11) is 2.76. The average molecular weight is 301 g/mol. The minimum absolute atomic E-state index is 0.146. The van der Waals surface area contributed by atoms with Gasteiger partial charge in [0.2, 0.25) is 0 Å². The van der Waals surface area contributed by atoms with Crippen molar-refractivity contribution in [3.63, 3.8) is 0 Å². The number of halogens is 1. The number of phenolic OH excluding ortho intramolecular Hbond substituents is 1. The molecule has 0 saturated heterocycles. The van der Waals surface area contributed by atoms with Gasteiger partial charge in [0, 0.05) is 0 Å². The zero-order chi connectivity index (χ0) is 12.6. The molecule has 92 valence electrons. The quantitative estimate of drug-likeness (QED) is 0.852. The molecule has 0 aromatic heterocycles. The van der Waals surface area contributed by atoms with Crippen LogP contribution in [0.3, 0.4) is 0 Å². The molecule has 5 heteroatoms. The van der Waals surface area contributed by atoms with Crippen molar-refractivity contribution in [1.29, 1.82) is 0 Å². The molecule has 0 fully saturated rings. The van der Waals surface area contributed by atoms with E-state index in [1.807, 2.05) is 0 Å². The summed E-state index contributed by atoms with van der Waals surface area (Å²) >= 11 is 3.41. The number of hydrogen-bond donors (Lipinski definition) is 1. The third-order valence-electron chi connectivity index (χ3n) is 3.03. The molecular formula is C12H13BrO4. The second-order valence-corrected chi connectivity index (χ2v) is 4.67. The van der Waals surface area contributed by atoms with E-state index in [2.05, 4.69) is 15.9 Å². The van der Waals surface area contributed by atoms with Gasteiger partial charge >= 0.3 is 5.97 Å². The molecule has 0 unspecified atom stereocenters. The van der Waals surface area contributed by atoms with E-state index in [0.717, 1.165) is 34.9 Å². The number of phenols is 1. The first-order chi connectivity index (χ1) is 8.11. The zero-order valence-electron chi connectivity index (χ0n) is 9.67. The van der Waals surface area contributed by atoms with Gasteiger partial charge in [0.1, 0.15) is 5.56 Å². The molecule has 1 aliphatic carbocycles. The summed E-state index contributed by atoms with van der Waals surface area (Å²) < 4.78 is 10.6. The van der Waals surface area contributed by atoms with Crippen LogP contribution in [0.25, 0.3) is 0 Å². The largest absolute Gasteiger partial charge is 0.504 e. The Morgan fingerprint density at radius 2 is 1.94 bits per heavy atom. The third-order valence-corrected chi connectivity index (χ3v) is 3.87. The molecular weight excluding hydrogens is 288 g/mol. The second kappa shape index (κ2) is 4.56. The molecule has 0 bridgehead atoms. The van der Waals surface area contributed by atoms with Crippen molar-refractivity contribution in [3.05, 3.63) is 21.2 Å². The molecule has 1 aromatic carbocycles. The molecule has 1 N–H and O–H groups in total. The summed E-state index contributed by atoms with van der Waals surface area (Å²) in [6.45, 7) is 0. The maximum Gasteiger partial charge on any atom is 0.342 e. The van der Waals surface area contributed by atoms with Crippen molar-refractivity contribution in [2.75, 3.05) is 14.2 Å². The van der Waals surface area contributed by atoms with Crippen molar-refractivity contribution >= 4 is 21.9 Å². The number of fused-ring (bicyclic) bond motifs is 1. The highest BCUT2D eigenvalue weighted by molar-refractivity contribution is 9.10. The lowest BCUT2D eigenvalue weighted by Gasteiger charge is -2.15. The SMILES string of the molecule is COC(=O)c1c(O)c(OC)c(Br)c2c1CCC2. The minimum atomic E-state index is -0.522. The van der Waals surface area contributed by atoms with Crippen LogP contribution in [0.4, 0.5) is 0 Å². The Kier molecular flexibility index (Phi) is 3.28. The number of benzene rings is 1. The van der Waals surface area contributed by atoms with Gasteiger partial charge in [-0.2, -0.15) is 0 Å². The van der Waals surface area contributed by atoms with Crippen molar-refractivity contribution in [2.24, 2.45) is 0 Å². The third kappa shape index (κ3) is 1.78. The lowest BCUT2D eigenvalue weighted by atomic mass is 10.0. The van der Waals surface area contributed by atoms with Gasteiger partial charge < -0.3 is 14.6 Å². The summed E-state index contributed by atoms with van der Waals surface area (Å²) in [6.07, 6.45) is 2.61. The van der Waals surface area contributed by atoms with Crippen LogP contribution in [-0.2, 0) is 17.6 Å². The van der Waals surface area contributed by atoms with Crippen LogP contribution < -0.4 is 4.74 Å². The summed E-state index contributed by atoms with van der Waals surface area (Å²) in [6, 6.07) is 0. The lowest BCUT2D eigenvalue weighted by molar-refractivity contribution is 0.0595. The number of aromatic hydroxyl groups is 1. The van der Waals surface area contributed by atoms with E-state index in [9.17, 15) is 9.90 Å². The molecule has 1 aromatic rings. The number of ether oxygens (including phenoxy) is 2. The molecule has 0 aliphatic heterocycles. The number of carbonyl (C=O) groups excluding carboxylic acids is 1. The standard InChI is InChI=1S/C12H13BrO4/c1-16-11-9(13)7-5-3-4-6(7)8(10(11)14)12(15)17-2/h14H,3-5H2,1-2H3. The first kappa shape index (κ1) is 12.2. The molecule has 0 amide bonds. The molecule has 4 nitrogen and oxygen atoms in total. The van der Waals surface area contributed by atoms with Crippen LogP contribution in [0.5, 0.6) is 11.5 Å². The van der Waals surface area contributed by atoms with Crippen molar-refractivity contribution in [3.8, 4) is 11.5 Å². The fourth-order valence-electron chi connectivity index (χ4n) is 2.27. The fraction of sp³-hybridized carbons (Fsp3) is 0.417. The summed E-state index contributed by atoms with van der Waals surface area (Å²) in [5, 5.41) is 10.1. The van der Waals surface area contributed by atoms with Gasteiger partial charge in [-0.05, 0) is 46.3 Å². The maximum absolute atomic E-state index is 11.7. The van der Waals surface area contributed by atoms with E-state index < -0.39 is 5.97 Å². The molecule has 0 radical (unpaired) electrons. The van der Waals surface area contributed by atoms with Crippen molar-refractivity contribution in [2.45, 2.75) is 19.3 Å². The Labute approximate surface area is 108 Å². The van der Waals surface area contributed by atoms with Crippen LogP contribution in [0, 0.1) is 0 Å². The normalized spacial score (nSPS) is 13.4. The Hall–Kier alpha value is -1.23. The Morgan fingerprint density at radius 3 is 2.53 bits per heavy atom. The average Bonchev–Trinajstić information content (AvgIpc) is 2.78. The smallest absolute Gasteiger partial charge is 0.342 e. The number of hydrogen-bond acceptors (Lipinski definition) is 4. The summed E-state index contributed by atoms with van der Waals surface area (Å²) in [4.78, 5) is 11.7. The van der Waals surface area contributed by atoms with Crippen molar-refractivity contribution < 1.29 is 19.4 Å². The number of esters is 1. The van der Waals surface area contributed by atoms with E-state index >= 15 is 0 Å². The van der Waals surface area contributed by atoms with Crippen LogP contribution in [-0.4, -0.2) is 25.3 Å². The second-order valence-electron chi connectivity index (χ2n) is 3.87.